The van der Waals surface area contributed by atoms with Gasteiger partial charge in [-0.25, -0.2) is 4.98 Å². The van der Waals surface area contributed by atoms with Crippen LogP contribution in [-0.2, 0) is 5.21 Å². The van der Waals surface area contributed by atoms with E-state index < -0.39 is 10.3 Å². The van der Waals surface area contributed by atoms with Gasteiger partial charge in [-0.3, -0.25) is 4.57 Å². The first-order valence-corrected chi connectivity index (χ1v) is 20.4. The van der Waals surface area contributed by atoms with Crippen LogP contribution in [0, 0.1) is 0 Å². The van der Waals surface area contributed by atoms with Crippen molar-refractivity contribution in [3.8, 4) is 39.1 Å². The SMILES string of the molecule is [B]C([B])([B])C([B])([B])c1nc2ccccc2n1-c1ccc(-c2c3ccccc3c(-c3ccc4sc5ccccc5c4c3)c3cc(-c4ccccc4)ccc23)c2ccccc12. The molecule has 0 spiro atoms. The van der Waals surface area contributed by atoms with E-state index in [0.717, 1.165) is 49.4 Å². The van der Waals surface area contributed by atoms with Crippen molar-refractivity contribution < 1.29 is 0 Å². The Morgan fingerprint density at radius 2 is 1.02 bits per heavy atom. The monoisotopic (exact) mass is 756 g/mol. The topological polar surface area (TPSA) is 17.8 Å². The molecule has 0 aliphatic carbocycles. The molecule has 10 radical (unpaired) electrons. The van der Waals surface area contributed by atoms with Crippen LogP contribution in [0.3, 0.4) is 0 Å². The summed E-state index contributed by atoms with van der Waals surface area (Å²) in [7, 11) is 32.1. The molecular weight excluding hydrogens is 727 g/mol. The zero-order valence-electron chi connectivity index (χ0n) is 31.9. The number of para-hydroxylation sites is 2. The lowest BCUT2D eigenvalue weighted by Gasteiger charge is -2.41. The Bertz CT molecular complexity index is 3470. The third-order valence-electron chi connectivity index (χ3n) is 11.9. The number of hydrogen-bond donors (Lipinski definition) is 0. The minimum Gasteiger partial charge on any atom is -0.296 e. The fourth-order valence-electron chi connectivity index (χ4n) is 8.91. The summed E-state index contributed by atoms with van der Waals surface area (Å²) in [5.74, 6) is 0.258. The van der Waals surface area contributed by atoms with Crippen molar-refractivity contribution in [2.24, 2.45) is 0 Å². The van der Waals surface area contributed by atoms with Crippen molar-refractivity contribution in [3.63, 3.8) is 0 Å². The van der Waals surface area contributed by atoms with E-state index in [1.54, 1.807) is 0 Å². The Kier molecular flexibility index (Phi) is 8.16. The fourth-order valence-corrected chi connectivity index (χ4v) is 9.99. The van der Waals surface area contributed by atoms with Gasteiger partial charge in [0.25, 0.3) is 0 Å². The van der Waals surface area contributed by atoms with Crippen LogP contribution in [-0.4, -0.2) is 48.8 Å². The molecular formula is C51H29B5N2S. The number of hydrogen-bond acceptors (Lipinski definition) is 2. The molecule has 59 heavy (non-hydrogen) atoms. The van der Waals surface area contributed by atoms with Crippen LogP contribution in [0.15, 0.2) is 176 Å². The van der Waals surface area contributed by atoms with E-state index >= 15 is 0 Å². The summed E-state index contributed by atoms with van der Waals surface area (Å²) in [6.45, 7) is 0. The van der Waals surface area contributed by atoms with Crippen LogP contribution >= 0.6 is 11.3 Å². The van der Waals surface area contributed by atoms with E-state index in [9.17, 15) is 0 Å². The normalized spacial score (nSPS) is 12.4. The molecule has 11 aromatic rings. The third kappa shape index (κ3) is 5.57. The standard InChI is InChI=1S/C51H29B5N2S/c52-50(53,51(54,55)56)49-57-42-19-9-10-20-44(42)58(49)43-26-25-38(33-14-4-5-15-34(33)43)48-37-18-7-6-17-36(37)47(41-28-31(22-24-39(41)48)30-12-2-1-3-13-30)32-23-27-46-40(29-32)35-16-8-11-21-45(35)59-46/h1-29H. The lowest BCUT2D eigenvalue weighted by molar-refractivity contribution is 0.758. The molecule has 0 aliphatic rings. The molecule has 0 bridgehead atoms. The first kappa shape index (κ1) is 35.9. The largest absolute Gasteiger partial charge is 0.296 e. The van der Waals surface area contributed by atoms with Crippen LogP contribution in [0.2, 0.25) is 5.11 Å². The quantitative estimate of drug-likeness (QED) is 0.122. The highest BCUT2D eigenvalue weighted by molar-refractivity contribution is 7.25. The molecule has 0 N–H and O–H groups in total. The van der Waals surface area contributed by atoms with Crippen molar-refractivity contribution in [2.45, 2.75) is 10.3 Å². The number of rotatable bonds is 6. The van der Waals surface area contributed by atoms with Crippen LogP contribution in [0.1, 0.15) is 5.82 Å². The smallest absolute Gasteiger partial charge is 0.101 e. The minimum atomic E-state index is -1.97. The van der Waals surface area contributed by atoms with Crippen LogP contribution in [0.4, 0.5) is 0 Å². The summed E-state index contributed by atoms with van der Waals surface area (Å²) in [5, 5.41) is 5.38. The van der Waals surface area contributed by atoms with Gasteiger partial charge in [0.1, 0.15) is 5.82 Å². The van der Waals surface area contributed by atoms with E-state index in [0.29, 0.717) is 5.52 Å². The number of benzene rings is 9. The van der Waals surface area contributed by atoms with Crippen molar-refractivity contribution in [2.75, 3.05) is 0 Å². The number of fused-ring (bicyclic) bond motifs is 7. The Morgan fingerprint density at radius 1 is 0.424 bits per heavy atom. The van der Waals surface area contributed by atoms with E-state index in [4.69, 9.17) is 44.2 Å². The highest BCUT2D eigenvalue weighted by Gasteiger charge is 2.37. The summed E-state index contributed by atoms with van der Waals surface area (Å²) >= 11 is 1.84. The summed E-state index contributed by atoms with van der Waals surface area (Å²) in [6, 6.07) is 62.4. The molecule has 264 valence electrons. The maximum Gasteiger partial charge on any atom is 0.101 e. The fraction of sp³-hybridized carbons (Fsp3) is 0.0392. The van der Waals surface area contributed by atoms with Crippen molar-refractivity contribution in [3.05, 3.63) is 182 Å². The molecule has 0 saturated heterocycles. The van der Waals surface area contributed by atoms with Gasteiger partial charge < -0.3 is 0 Å². The molecule has 8 heteroatoms. The van der Waals surface area contributed by atoms with Gasteiger partial charge in [-0.2, -0.15) is 0 Å². The van der Waals surface area contributed by atoms with Gasteiger partial charge in [0.2, 0.25) is 0 Å². The zero-order valence-corrected chi connectivity index (χ0v) is 32.7. The average molecular weight is 756 g/mol. The average Bonchev–Trinajstić information content (AvgIpc) is 3.84. The Balaban J connectivity index is 1.23. The third-order valence-corrected chi connectivity index (χ3v) is 13.0. The second kappa shape index (κ2) is 13.4. The van der Waals surface area contributed by atoms with E-state index in [2.05, 4.69) is 146 Å². The van der Waals surface area contributed by atoms with E-state index in [1.807, 2.05) is 46.2 Å². The molecule has 0 saturated carbocycles. The zero-order chi connectivity index (χ0) is 40.0. The number of thiophene rings is 1. The Hall–Kier alpha value is -6.23. The van der Waals surface area contributed by atoms with Crippen molar-refractivity contribution in [1.29, 1.82) is 0 Å². The van der Waals surface area contributed by atoms with Gasteiger partial charge >= 0.3 is 0 Å². The minimum absolute atomic E-state index is 0.258. The van der Waals surface area contributed by atoms with Crippen molar-refractivity contribution >= 4 is 114 Å². The van der Waals surface area contributed by atoms with Gasteiger partial charge in [-0.05, 0) is 103 Å². The van der Waals surface area contributed by atoms with Crippen LogP contribution < -0.4 is 0 Å². The molecule has 9 aromatic carbocycles. The highest BCUT2D eigenvalue weighted by Crippen LogP contribution is 2.48. The second-order valence-corrected chi connectivity index (χ2v) is 16.6. The molecule has 0 unspecified atom stereocenters. The molecule has 2 nitrogen and oxygen atoms in total. The lowest BCUT2D eigenvalue weighted by Crippen LogP contribution is -2.45. The van der Waals surface area contributed by atoms with Gasteiger partial charge in [0.05, 0.1) is 56.0 Å². The maximum absolute atomic E-state index is 6.69. The van der Waals surface area contributed by atoms with Gasteiger partial charge in [-0.1, -0.05) is 139 Å². The first-order valence-electron chi connectivity index (χ1n) is 19.6. The van der Waals surface area contributed by atoms with Crippen LogP contribution in [0.25, 0.3) is 103 Å². The van der Waals surface area contributed by atoms with Gasteiger partial charge in [0.15, 0.2) is 0 Å². The molecule has 2 heterocycles. The predicted octanol–water partition coefficient (Wildman–Crippen LogP) is 11.9. The lowest BCUT2D eigenvalue weighted by atomic mass is 9.23. The summed E-state index contributed by atoms with van der Waals surface area (Å²) in [6.07, 6.45) is 0. The predicted molar refractivity (Wildman–Crippen MR) is 256 cm³/mol. The molecule has 0 aliphatic heterocycles. The van der Waals surface area contributed by atoms with Gasteiger partial charge in [-0.15, -0.1) is 16.4 Å². The molecule has 11 rings (SSSR count). The van der Waals surface area contributed by atoms with Crippen molar-refractivity contribution in [1.82, 2.24) is 9.55 Å². The first-order chi connectivity index (χ1) is 28.7. The number of imidazole rings is 1. The number of aromatic nitrogens is 2. The Morgan fingerprint density at radius 3 is 1.80 bits per heavy atom. The van der Waals surface area contributed by atoms with E-state index in [1.165, 1.54) is 47.6 Å². The summed E-state index contributed by atoms with van der Waals surface area (Å²) in [5.41, 5.74) is 9.27. The van der Waals surface area contributed by atoms with Crippen LogP contribution in [0.5, 0.6) is 0 Å². The highest BCUT2D eigenvalue weighted by atomic mass is 32.1. The second-order valence-electron chi connectivity index (χ2n) is 15.5. The maximum atomic E-state index is 6.69. The number of nitrogens with zero attached hydrogens (tertiary/aromatic N) is 2. The molecule has 0 atom stereocenters. The van der Waals surface area contributed by atoms with E-state index in [-0.39, 0.29) is 5.82 Å². The molecule has 0 amide bonds. The molecule has 0 fully saturated rings. The Labute approximate surface area is 353 Å². The summed E-state index contributed by atoms with van der Waals surface area (Å²) in [4.78, 5) is 4.87. The summed E-state index contributed by atoms with van der Waals surface area (Å²) < 4.78 is 4.51. The van der Waals surface area contributed by atoms with Gasteiger partial charge in [0, 0.05) is 25.6 Å². The molecule has 2 aromatic heterocycles.